The Morgan fingerprint density at radius 2 is 2.33 bits per heavy atom. The summed E-state index contributed by atoms with van der Waals surface area (Å²) in [7, 11) is 1.41. The molecular formula is C5H8BrNO2. The monoisotopic (exact) mass is 193 g/mol. The van der Waals surface area contributed by atoms with Gasteiger partial charge in [0.05, 0.1) is 5.33 Å². The molecule has 0 unspecified atom stereocenters. The van der Waals surface area contributed by atoms with Gasteiger partial charge in [0.15, 0.2) is 5.78 Å². The number of carbonyl (C=O) groups is 1. The largest absolute Gasteiger partial charge is 0.399 e. The second-order valence-electron chi connectivity index (χ2n) is 1.41. The molecule has 0 aliphatic carbocycles. The molecule has 0 aliphatic heterocycles. The van der Waals surface area contributed by atoms with Crippen LogP contribution in [0.5, 0.6) is 0 Å². The highest BCUT2D eigenvalue weighted by Gasteiger charge is 2.02. The molecular weight excluding hydrogens is 186 g/mol. The van der Waals surface area contributed by atoms with Gasteiger partial charge in [-0.3, -0.25) is 4.79 Å². The Hall–Kier alpha value is -0.380. The summed E-state index contributed by atoms with van der Waals surface area (Å²) in [4.78, 5) is 14.9. The fourth-order valence-corrected chi connectivity index (χ4v) is 0.790. The van der Waals surface area contributed by atoms with E-state index in [2.05, 4.69) is 25.9 Å². The highest BCUT2D eigenvalue weighted by molar-refractivity contribution is 9.09. The zero-order chi connectivity index (χ0) is 7.28. The summed E-state index contributed by atoms with van der Waals surface area (Å²) in [5.41, 5.74) is 0.400. The van der Waals surface area contributed by atoms with Crippen LogP contribution in [0.1, 0.15) is 6.92 Å². The van der Waals surface area contributed by atoms with E-state index in [-0.39, 0.29) is 5.78 Å². The molecule has 0 fully saturated rings. The van der Waals surface area contributed by atoms with Gasteiger partial charge in [-0.05, 0) is 0 Å². The van der Waals surface area contributed by atoms with Crippen LogP contribution in [0.2, 0.25) is 0 Å². The molecule has 0 N–H and O–H groups in total. The van der Waals surface area contributed by atoms with Crippen molar-refractivity contribution in [2.24, 2.45) is 5.16 Å². The average Bonchev–Trinajstić information content (AvgIpc) is 1.82. The molecule has 0 spiro atoms. The van der Waals surface area contributed by atoms with Crippen molar-refractivity contribution < 1.29 is 9.63 Å². The lowest BCUT2D eigenvalue weighted by Crippen LogP contribution is -2.11. The first-order valence-corrected chi connectivity index (χ1v) is 3.51. The molecule has 0 saturated heterocycles. The van der Waals surface area contributed by atoms with Crippen LogP contribution >= 0.6 is 15.9 Å². The van der Waals surface area contributed by atoms with Gasteiger partial charge in [-0.1, -0.05) is 21.1 Å². The van der Waals surface area contributed by atoms with Crippen LogP contribution in [0.15, 0.2) is 5.16 Å². The van der Waals surface area contributed by atoms with Crippen molar-refractivity contribution in [3.8, 4) is 0 Å². The molecule has 52 valence electrons. The predicted molar refractivity (Wildman–Crippen MR) is 38.9 cm³/mol. The number of hydrogen-bond acceptors (Lipinski definition) is 3. The Morgan fingerprint density at radius 3 is 2.44 bits per heavy atom. The second kappa shape index (κ2) is 4.49. The van der Waals surface area contributed by atoms with E-state index in [1.54, 1.807) is 0 Å². The molecule has 0 aromatic carbocycles. The van der Waals surface area contributed by atoms with Crippen molar-refractivity contribution in [3.63, 3.8) is 0 Å². The Morgan fingerprint density at radius 1 is 1.78 bits per heavy atom. The third-order valence-corrected chi connectivity index (χ3v) is 1.27. The summed E-state index contributed by atoms with van der Waals surface area (Å²) in [6.07, 6.45) is 0. The molecule has 0 heterocycles. The zero-order valence-electron chi connectivity index (χ0n) is 5.35. The summed E-state index contributed by atoms with van der Waals surface area (Å²) in [6.45, 7) is 1.44. The molecule has 4 heteroatoms. The third-order valence-electron chi connectivity index (χ3n) is 0.734. The van der Waals surface area contributed by atoms with Crippen LogP contribution in [-0.2, 0) is 9.63 Å². The Kier molecular flexibility index (Phi) is 4.30. The van der Waals surface area contributed by atoms with Crippen molar-refractivity contribution in [1.82, 2.24) is 0 Å². The van der Waals surface area contributed by atoms with Gasteiger partial charge in [0.1, 0.15) is 12.8 Å². The molecule has 0 aliphatic rings. The number of carbonyl (C=O) groups excluding carboxylic acids is 1. The van der Waals surface area contributed by atoms with Gasteiger partial charge >= 0.3 is 0 Å². The minimum absolute atomic E-state index is 0.0753. The first kappa shape index (κ1) is 8.62. The van der Waals surface area contributed by atoms with E-state index in [4.69, 9.17) is 0 Å². The van der Waals surface area contributed by atoms with Gasteiger partial charge in [0.25, 0.3) is 0 Å². The maximum absolute atomic E-state index is 10.5. The van der Waals surface area contributed by atoms with Gasteiger partial charge in [-0.25, -0.2) is 0 Å². The lowest BCUT2D eigenvalue weighted by molar-refractivity contribution is -0.111. The Balaban J connectivity index is 3.98. The molecule has 9 heavy (non-hydrogen) atoms. The molecule has 0 rings (SSSR count). The van der Waals surface area contributed by atoms with E-state index in [0.29, 0.717) is 11.0 Å². The molecule has 0 atom stereocenters. The van der Waals surface area contributed by atoms with Gasteiger partial charge in [0, 0.05) is 6.92 Å². The van der Waals surface area contributed by atoms with Crippen molar-refractivity contribution in [2.75, 3.05) is 12.4 Å². The molecule has 0 saturated carbocycles. The number of Topliss-reactive ketones (excluding diaryl/α,β-unsaturated/α-hetero) is 1. The summed E-state index contributed by atoms with van der Waals surface area (Å²) in [5.74, 6) is -0.0753. The summed E-state index contributed by atoms with van der Waals surface area (Å²) in [6, 6.07) is 0. The van der Waals surface area contributed by atoms with Crippen LogP contribution in [0.4, 0.5) is 0 Å². The maximum atomic E-state index is 10.5. The number of oxime groups is 1. The molecule has 3 nitrogen and oxygen atoms in total. The van der Waals surface area contributed by atoms with Crippen molar-refractivity contribution in [1.29, 1.82) is 0 Å². The smallest absolute Gasteiger partial charge is 0.178 e. The first-order valence-electron chi connectivity index (χ1n) is 2.39. The summed E-state index contributed by atoms with van der Waals surface area (Å²) in [5, 5.41) is 3.90. The van der Waals surface area contributed by atoms with Crippen LogP contribution in [0.25, 0.3) is 0 Å². The predicted octanol–water partition coefficient (Wildman–Crippen LogP) is 0.973. The quantitative estimate of drug-likeness (QED) is 0.381. The van der Waals surface area contributed by atoms with E-state index in [1.165, 1.54) is 14.0 Å². The van der Waals surface area contributed by atoms with Crippen molar-refractivity contribution in [3.05, 3.63) is 0 Å². The van der Waals surface area contributed by atoms with E-state index >= 15 is 0 Å². The third kappa shape index (κ3) is 3.24. The Bertz CT molecular complexity index is 133. The first-order chi connectivity index (χ1) is 4.22. The number of rotatable bonds is 3. The van der Waals surface area contributed by atoms with E-state index < -0.39 is 0 Å². The zero-order valence-corrected chi connectivity index (χ0v) is 6.93. The topological polar surface area (TPSA) is 38.7 Å². The van der Waals surface area contributed by atoms with Crippen molar-refractivity contribution >= 4 is 27.4 Å². The molecule has 0 aromatic rings. The minimum Gasteiger partial charge on any atom is -0.399 e. The van der Waals surface area contributed by atoms with Crippen LogP contribution in [0, 0.1) is 0 Å². The van der Waals surface area contributed by atoms with Crippen LogP contribution in [-0.4, -0.2) is 23.9 Å². The normalized spacial score (nSPS) is 11.2. The average molecular weight is 194 g/mol. The maximum Gasteiger partial charge on any atom is 0.178 e. The number of nitrogens with zero attached hydrogens (tertiary/aromatic N) is 1. The highest BCUT2D eigenvalue weighted by atomic mass is 79.9. The SMILES string of the molecule is CO/N=C(/CBr)C(C)=O. The number of ketones is 1. The number of alkyl halides is 1. The van der Waals surface area contributed by atoms with E-state index in [9.17, 15) is 4.79 Å². The fourth-order valence-electron chi connectivity index (χ4n) is 0.293. The molecule has 0 aromatic heterocycles. The van der Waals surface area contributed by atoms with Gasteiger partial charge in [-0.15, -0.1) is 0 Å². The second-order valence-corrected chi connectivity index (χ2v) is 1.97. The van der Waals surface area contributed by atoms with Gasteiger partial charge < -0.3 is 4.84 Å². The molecule has 0 bridgehead atoms. The lowest BCUT2D eigenvalue weighted by Gasteiger charge is -1.92. The number of halogens is 1. The lowest BCUT2D eigenvalue weighted by atomic mass is 10.3. The summed E-state index contributed by atoms with van der Waals surface area (Å²) >= 11 is 3.09. The Labute approximate surface area is 62.2 Å². The van der Waals surface area contributed by atoms with Crippen LogP contribution < -0.4 is 0 Å². The standard InChI is InChI=1S/C5H8BrNO2/c1-4(8)5(3-6)7-9-2/h3H2,1-2H3/b7-5-. The van der Waals surface area contributed by atoms with Crippen LogP contribution in [0.3, 0.4) is 0 Å². The minimum atomic E-state index is -0.0753. The highest BCUT2D eigenvalue weighted by Crippen LogP contribution is 1.88. The van der Waals surface area contributed by atoms with Crippen molar-refractivity contribution in [2.45, 2.75) is 6.92 Å². The van der Waals surface area contributed by atoms with E-state index in [0.717, 1.165) is 0 Å². The summed E-state index contributed by atoms with van der Waals surface area (Å²) < 4.78 is 0. The van der Waals surface area contributed by atoms with Gasteiger partial charge in [-0.2, -0.15) is 0 Å². The fraction of sp³-hybridized carbons (Fsp3) is 0.600. The van der Waals surface area contributed by atoms with Gasteiger partial charge in [0.2, 0.25) is 0 Å². The van der Waals surface area contributed by atoms with E-state index in [1.807, 2.05) is 0 Å². The molecule has 0 radical (unpaired) electrons. The molecule has 0 amide bonds. The number of hydrogen-bond donors (Lipinski definition) is 0.